The predicted octanol–water partition coefficient (Wildman–Crippen LogP) is 3.25. The Labute approximate surface area is 187 Å². The molecular formula is C24H30N4O2S. The van der Waals surface area contributed by atoms with Crippen LogP contribution in [0.25, 0.3) is 0 Å². The molecule has 31 heavy (non-hydrogen) atoms. The van der Waals surface area contributed by atoms with E-state index >= 15 is 0 Å². The Hall–Kier alpha value is -2.25. The maximum Gasteiger partial charge on any atom is 0.234 e. The maximum atomic E-state index is 12.4. The fourth-order valence-electron chi connectivity index (χ4n) is 4.90. The molecule has 3 heterocycles. The summed E-state index contributed by atoms with van der Waals surface area (Å²) in [6.45, 7) is 3.70. The van der Waals surface area contributed by atoms with Gasteiger partial charge in [-0.15, -0.1) is 11.3 Å². The molecule has 164 valence electrons. The number of piperidine rings is 1. The fourth-order valence-corrected chi connectivity index (χ4v) is 6.22. The molecule has 2 saturated heterocycles. The molecule has 2 aliphatic heterocycles. The van der Waals surface area contributed by atoms with Crippen molar-refractivity contribution in [3.05, 3.63) is 45.4 Å². The van der Waals surface area contributed by atoms with E-state index in [1.165, 1.54) is 28.4 Å². The lowest BCUT2D eigenvalue weighted by atomic mass is 9.97. The number of thiazole rings is 1. The van der Waals surface area contributed by atoms with Gasteiger partial charge >= 0.3 is 0 Å². The summed E-state index contributed by atoms with van der Waals surface area (Å²) in [7, 11) is 0. The highest BCUT2D eigenvalue weighted by Crippen LogP contribution is 2.35. The van der Waals surface area contributed by atoms with Crippen LogP contribution >= 0.6 is 11.3 Å². The molecule has 2 aromatic rings. The van der Waals surface area contributed by atoms with Crippen molar-refractivity contribution in [1.29, 1.82) is 0 Å². The molecule has 0 atom stereocenters. The molecule has 1 aromatic carbocycles. The number of rotatable bonds is 6. The Bertz CT molecular complexity index is 925. The average Bonchev–Trinajstić information content (AvgIpc) is 3.50. The Morgan fingerprint density at radius 1 is 1.06 bits per heavy atom. The predicted molar refractivity (Wildman–Crippen MR) is 122 cm³/mol. The lowest BCUT2D eigenvalue weighted by Gasteiger charge is -2.30. The fraction of sp³-hybridized carbons (Fsp3) is 0.542. The summed E-state index contributed by atoms with van der Waals surface area (Å²) >= 11 is 1.93. The van der Waals surface area contributed by atoms with Crippen molar-refractivity contribution in [3.63, 3.8) is 0 Å². The van der Waals surface area contributed by atoms with Crippen LogP contribution in [0.3, 0.4) is 0 Å². The second-order valence-electron chi connectivity index (χ2n) is 8.92. The molecule has 5 rings (SSSR count). The molecule has 0 radical (unpaired) electrons. The van der Waals surface area contributed by atoms with Crippen LogP contribution in [0.5, 0.6) is 0 Å². The molecule has 0 unspecified atom stereocenters. The number of hydrogen-bond donors (Lipinski definition) is 1. The molecule has 0 spiro atoms. The van der Waals surface area contributed by atoms with Gasteiger partial charge in [0, 0.05) is 36.0 Å². The Kier molecular flexibility index (Phi) is 6.05. The van der Waals surface area contributed by atoms with E-state index in [1.54, 1.807) is 0 Å². The number of nitrogens with one attached hydrogen (secondary N) is 1. The van der Waals surface area contributed by atoms with Crippen molar-refractivity contribution in [2.24, 2.45) is 0 Å². The average molecular weight is 439 g/mol. The van der Waals surface area contributed by atoms with Crippen molar-refractivity contribution < 1.29 is 9.59 Å². The van der Waals surface area contributed by atoms with Crippen LogP contribution in [0, 0.1) is 0 Å². The summed E-state index contributed by atoms with van der Waals surface area (Å²) in [6.07, 6.45) is 7.40. The van der Waals surface area contributed by atoms with Gasteiger partial charge in [0.05, 0.1) is 17.2 Å². The van der Waals surface area contributed by atoms with Gasteiger partial charge in [-0.05, 0) is 69.3 Å². The third-order valence-electron chi connectivity index (χ3n) is 6.73. The van der Waals surface area contributed by atoms with Crippen LogP contribution in [0.4, 0.5) is 5.69 Å². The highest BCUT2D eigenvalue weighted by atomic mass is 32.1. The van der Waals surface area contributed by atoms with Crippen LogP contribution in [0.2, 0.25) is 0 Å². The van der Waals surface area contributed by atoms with Crippen molar-refractivity contribution in [2.45, 2.75) is 57.4 Å². The van der Waals surface area contributed by atoms with E-state index in [9.17, 15) is 9.59 Å². The van der Waals surface area contributed by atoms with E-state index < -0.39 is 0 Å². The minimum atomic E-state index is 0.0745. The van der Waals surface area contributed by atoms with Gasteiger partial charge in [0.2, 0.25) is 11.8 Å². The number of nitrogens with zero attached hydrogens (tertiary/aromatic N) is 3. The highest BCUT2D eigenvalue weighted by molar-refractivity contribution is 7.11. The molecule has 7 heteroatoms. The summed E-state index contributed by atoms with van der Waals surface area (Å²) in [6, 6.07) is 7.95. The van der Waals surface area contributed by atoms with Crippen molar-refractivity contribution in [3.8, 4) is 0 Å². The van der Waals surface area contributed by atoms with Gasteiger partial charge in [0.1, 0.15) is 0 Å². The van der Waals surface area contributed by atoms with Gasteiger partial charge in [-0.3, -0.25) is 14.5 Å². The van der Waals surface area contributed by atoms with E-state index in [1.807, 2.05) is 40.5 Å². The van der Waals surface area contributed by atoms with Crippen LogP contribution in [-0.2, 0) is 29.0 Å². The van der Waals surface area contributed by atoms with Crippen LogP contribution in [-0.4, -0.2) is 47.9 Å². The number of aryl methyl sites for hydroxylation is 2. The lowest BCUT2D eigenvalue weighted by molar-refractivity contribution is -0.122. The number of amides is 2. The van der Waals surface area contributed by atoms with Gasteiger partial charge in [-0.2, -0.15) is 0 Å². The minimum absolute atomic E-state index is 0.0745. The van der Waals surface area contributed by atoms with E-state index in [4.69, 9.17) is 4.98 Å². The first-order valence-electron chi connectivity index (χ1n) is 11.5. The van der Waals surface area contributed by atoms with Crippen molar-refractivity contribution >= 4 is 28.8 Å². The van der Waals surface area contributed by atoms with Crippen LogP contribution in [0.1, 0.15) is 59.2 Å². The summed E-state index contributed by atoms with van der Waals surface area (Å²) in [5.41, 5.74) is 3.35. The summed E-state index contributed by atoms with van der Waals surface area (Å²) < 4.78 is 0. The monoisotopic (exact) mass is 438 g/mol. The van der Waals surface area contributed by atoms with Crippen molar-refractivity contribution in [1.82, 2.24) is 15.2 Å². The third-order valence-corrected chi connectivity index (χ3v) is 8.05. The number of hydrogen-bond acceptors (Lipinski definition) is 5. The molecule has 3 aliphatic rings. The van der Waals surface area contributed by atoms with Gasteiger partial charge in [0.15, 0.2) is 0 Å². The number of anilines is 1. The van der Waals surface area contributed by atoms with Crippen LogP contribution < -0.4 is 10.2 Å². The SMILES string of the molecule is O=C(CN1CCC(c2nc3c(s2)CCC3)CC1)NCc1ccc(N2CCCC2=O)cc1. The third kappa shape index (κ3) is 4.67. The topological polar surface area (TPSA) is 65.5 Å². The molecule has 6 nitrogen and oxygen atoms in total. The highest BCUT2D eigenvalue weighted by Gasteiger charge is 2.26. The zero-order valence-electron chi connectivity index (χ0n) is 17.9. The Balaban J connectivity index is 1.05. The first kappa shape index (κ1) is 20.6. The van der Waals surface area contributed by atoms with E-state index in [0.717, 1.165) is 56.6 Å². The number of carbonyl (C=O) groups excluding carboxylic acids is 2. The van der Waals surface area contributed by atoms with Crippen LogP contribution in [0.15, 0.2) is 24.3 Å². The number of carbonyl (C=O) groups is 2. The number of aromatic nitrogens is 1. The number of benzene rings is 1. The summed E-state index contributed by atoms with van der Waals surface area (Å²) in [5, 5.41) is 4.37. The van der Waals surface area contributed by atoms with Crippen molar-refractivity contribution in [2.75, 3.05) is 31.1 Å². The van der Waals surface area contributed by atoms with E-state index in [-0.39, 0.29) is 11.8 Å². The largest absolute Gasteiger partial charge is 0.351 e. The molecule has 0 bridgehead atoms. The molecule has 2 amide bonds. The van der Waals surface area contributed by atoms with Gasteiger partial charge < -0.3 is 10.2 Å². The normalized spacial score (nSPS) is 19.7. The quantitative estimate of drug-likeness (QED) is 0.752. The summed E-state index contributed by atoms with van der Waals surface area (Å²) in [4.78, 5) is 34.8. The maximum absolute atomic E-state index is 12.4. The smallest absolute Gasteiger partial charge is 0.234 e. The van der Waals surface area contributed by atoms with Gasteiger partial charge in [0.25, 0.3) is 0 Å². The Morgan fingerprint density at radius 2 is 1.87 bits per heavy atom. The first-order chi connectivity index (χ1) is 15.2. The Morgan fingerprint density at radius 3 is 2.58 bits per heavy atom. The van der Waals surface area contributed by atoms with Gasteiger partial charge in [-0.25, -0.2) is 4.98 Å². The number of likely N-dealkylation sites (tertiary alicyclic amines) is 1. The zero-order valence-corrected chi connectivity index (χ0v) is 18.8. The molecule has 1 N–H and O–H groups in total. The molecule has 1 aromatic heterocycles. The molecule has 2 fully saturated rings. The lowest BCUT2D eigenvalue weighted by Crippen LogP contribution is -2.41. The second kappa shape index (κ2) is 9.09. The second-order valence-corrected chi connectivity index (χ2v) is 10.0. The van der Waals surface area contributed by atoms with E-state index in [2.05, 4.69) is 10.2 Å². The minimum Gasteiger partial charge on any atom is -0.351 e. The van der Waals surface area contributed by atoms with Gasteiger partial charge in [-0.1, -0.05) is 12.1 Å². The standard InChI is InChI=1S/C24H30N4O2S/c29-22(25-15-17-6-8-19(9-7-17)28-12-2-5-23(28)30)16-27-13-10-18(11-14-27)24-26-20-3-1-4-21(20)31-24/h6-9,18H,1-5,10-16H2,(H,25,29). The molecule has 0 saturated carbocycles. The first-order valence-corrected chi connectivity index (χ1v) is 12.3. The summed E-state index contributed by atoms with van der Waals surface area (Å²) in [5.74, 6) is 0.838. The molecule has 1 aliphatic carbocycles. The zero-order chi connectivity index (χ0) is 21.2. The number of fused-ring (bicyclic) bond motifs is 1. The van der Waals surface area contributed by atoms with E-state index in [0.29, 0.717) is 25.4 Å². The molecular weight excluding hydrogens is 408 g/mol.